The molecule has 4 aliphatic rings. The van der Waals surface area contributed by atoms with Gasteiger partial charge in [-0.05, 0) is 67.1 Å². The number of carbonyl (C=O) groups excluding carboxylic acids is 1. The van der Waals surface area contributed by atoms with Gasteiger partial charge in [-0.2, -0.15) is 0 Å². The zero-order valence-electron chi connectivity index (χ0n) is 20.2. The highest BCUT2D eigenvalue weighted by Gasteiger charge is 2.62. The van der Waals surface area contributed by atoms with Crippen molar-refractivity contribution in [1.29, 1.82) is 0 Å². The molecule has 9 heteroatoms. The predicted octanol–water partition coefficient (Wildman–Crippen LogP) is 1.32. The van der Waals surface area contributed by atoms with Crippen LogP contribution in [0.3, 0.4) is 0 Å². The molecule has 0 radical (unpaired) electrons. The third kappa shape index (κ3) is 4.06. The Bertz CT molecular complexity index is 943. The Morgan fingerprint density at radius 1 is 1.20 bits per heavy atom. The van der Waals surface area contributed by atoms with Crippen LogP contribution in [0.2, 0.25) is 0 Å². The zero-order chi connectivity index (χ0) is 25.0. The lowest BCUT2D eigenvalue weighted by Gasteiger charge is -2.57. The molecule has 3 heterocycles. The minimum atomic E-state index is -1.52. The molecule has 0 bridgehead atoms. The Hall–Kier alpha value is -1.75. The molecule has 1 aromatic rings. The summed E-state index contributed by atoms with van der Waals surface area (Å²) in [5.74, 6) is 0.170. The van der Waals surface area contributed by atoms with Crippen LogP contribution in [0.25, 0.3) is 0 Å². The normalized spacial score (nSPS) is 45.4. The topological polar surface area (TPSA) is 139 Å². The van der Waals surface area contributed by atoms with E-state index >= 15 is 0 Å². The number of esters is 1. The number of aliphatic hydroxyl groups excluding tert-OH is 4. The molecule has 4 N–H and O–H groups in total. The van der Waals surface area contributed by atoms with E-state index in [1.165, 1.54) is 0 Å². The molecule has 194 valence electrons. The minimum absolute atomic E-state index is 0.0898. The molecule has 0 aromatic carbocycles. The molecule has 0 amide bonds. The van der Waals surface area contributed by atoms with E-state index in [1.807, 2.05) is 6.07 Å². The third-order valence-electron chi connectivity index (χ3n) is 9.34. The first kappa shape index (κ1) is 24.9. The van der Waals surface area contributed by atoms with Gasteiger partial charge in [0.2, 0.25) is 0 Å². The molecular weight excluding hydrogens is 456 g/mol. The first-order valence-electron chi connectivity index (χ1n) is 12.6. The molecule has 2 aliphatic heterocycles. The van der Waals surface area contributed by atoms with E-state index in [0.29, 0.717) is 24.5 Å². The number of furan rings is 1. The van der Waals surface area contributed by atoms with E-state index in [0.717, 1.165) is 31.2 Å². The van der Waals surface area contributed by atoms with Gasteiger partial charge in [-0.15, -0.1) is 0 Å². The zero-order valence-corrected chi connectivity index (χ0v) is 20.2. The largest absolute Gasteiger partial charge is 0.472 e. The maximum atomic E-state index is 12.8. The molecule has 2 saturated heterocycles. The van der Waals surface area contributed by atoms with Crippen LogP contribution in [-0.2, 0) is 25.4 Å². The molecule has 1 aromatic heterocycles. The Morgan fingerprint density at radius 3 is 2.71 bits per heavy atom. The van der Waals surface area contributed by atoms with Crippen LogP contribution < -0.4 is 0 Å². The SMILES string of the molecule is C[C@@H]1CC[C@@]23COC(=O)C2=C[C@@H](O[C@@H]2O[C@H](CO)[C@@H](O)[C@H](O)[C@H]2O)C[C@@H]3[C@@]1(C)CCc1ccoc1. The number of hydrogen-bond acceptors (Lipinski definition) is 9. The van der Waals surface area contributed by atoms with Crippen LogP contribution >= 0.6 is 0 Å². The quantitative estimate of drug-likeness (QED) is 0.433. The summed E-state index contributed by atoms with van der Waals surface area (Å²) in [5, 5.41) is 40.3. The fraction of sp³-hybridized carbons (Fsp3) is 0.731. The summed E-state index contributed by atoms with van der Waals surface area (Å²) < 4.78 is 22.6. The van der Waals surface area contributed by atoms with Gasteiger partial charge >= 0.3 is 5.97 Å². The molecule has 3 fully saturated rings. The maximum absolute atomic E-state index is 12.8. The highest BCUT2D eigenvalue weighted by Crippen LogP contribution is 2.64. The first-order valence-corrected chi connectivity index (χ1v) is 12.6. The fourth-order valence-corrected chi connectivity index (χ4v) is 6.93. The van der Waals surface area contributed by atoms with Crippen LogP contribution in [0.5, 0.6) is 0 Å². The van der Waals surface area contributed by atoms with Crippen LogP contribution in [0, 0.1) is 22.7 Å². The van der Waals surface area contributed by atoms with Gasteiger partial charge in [0.05, 0.1) is 25.2 Å². The van der Waals surface area contributed by atoms with Gasteiger partial charge in [-0.1, -0.05) is 13.8 Å². The van der Waals surface area contributed by atoms with E-state index < -0.39 is 43.4 Å². The molecule has 10 atom stereocenters. The van der Waals surface area contributed by atoms with Crippen molar-refractivity contribution in [3.05, 3.63) is 35.8 Å². The average Bonchev–Trinajstić information content (AvgIpc) is 3.49. The number of carbonyl (C=O) groups is 1. The predicted molar refractivity (Wildman–Crippen MR) is 122 cm³/mol. The third-order valence-corrected chi connectivity index (χ3v) is 9.34. The molecule has 1 saturated carbocycles. The summed E-state index contributed by atoms with van der Waals surface area (Å²) in [4.78, 5) is 12.8. The highest BCUT2D eigenvalue weighted by molar-refractivity contribution is 5.93. The number of rotatable bonds is 6. The second-order valence-electron chi connectivity index (χ2n) is 11.0. The van der Waals surface area contributed by atoms with Crippen LogP contribution in [0.1, 0.15) is 45.1 Å². The number of cyclic esters (lactones) is 1. The molecular formula is C26H36O9. The fourth-order valence-electron chi connectivity index (χ4n) is 6.93. The Labute approximate surface area is 204 Å². The van der Waals surface area contributed by atoms with Crippen LogP contribution in [0.4, 0.5) is 0 Å². The average molecular weight is 493 g/mol. The van der Waals surface area contributed by atoms with Gasteiger partial charge in [-0.3, -0.25) is 0 Å². The first-order chi connectivity index (χ1) is 16.7. The smallest absolute Gasteiger partial charge is 0.334 e. The molecule has 0 unspecified atom stereocenters. The minimum Gasteiger partial charge on any atom is -0.472 e. The Morgan fingerprint density at radius 2 is 2.00 bits per heavy atom. The lowest BCUT2D eigenvalue weighted by atomic mass is 9.46. The van der Waals surface area contributed by atoms with E-state index in [2.05, 4.69) is 13.8 Å². The van der Waals surface area contributed by atoms with Gasteiger partial charge in [0.1, 0.15) is 31.0 Å². The summed E-state index contributed by atoms with van der Waals surface area (Å²) in [6.45, 7) is 4.40. The van der Waals surface area contributed by atoms with Crippen LogP contribution in [0.15, 0.2) is 34.7 Å². The monoisotopic (exact) mass is 492 g/mol. The lowest BCUT2D eigenvalue weighted by Crippen LogP contribution is -2.60. The van der Waals surface area contributed by atoms with Crippen molar-refractivity contribution in [2.75, 3.05) is 13.2 Å². The number of hydrogen-bond donors (Lipinski definition) is 4. The van der Waals surface area contributed by atoms with Crippen molar-refractivity contribution in [2.45, 2.75) is 82.8 Å². The van der Waals surface area contributed by atoms with Gasteiger partial charge in [0.25, 0.3) is 0 Å². The van der Waals surface area contributed by atoms with Crippen molar-refractivity contribution >= 4 is 5.97 Å². The second kappa shape index (κ2) is 9.28. The molecule has 2 aliphatic carbocycles. The highest BCUT2D eigenvalue weighted by atomic mass is 16.7. The summed E-state index contributed by atoms with van der Waals surface area (Å²) in [6.07, 6.45) is 2.12. The Balaban J connectivity index is 1.43. The summed E-state index contributed by atoms with van der Waals surface area (Å²) >= 11 is 0. The second-order valence-corrected chi connectivity index (χ2v) is 11.0. The van der Waals surface area contributed by atoms with Gasteiger partial charge in [-0.25, -0.2) is 4.79 Å². The summed E-state index contributed by atoms with van der Waals surface area (Å²) in [7, 11) is 0. The van der Waals surface area contributed by atoms with E-state index in [4.69, 9.17) is 18.6 Å². The van der Waals surface area contributed by atoms with E-state index in [9.17, 15) is 25.2 Å². The molecule has 5 rings (SSSR count). The number of aryl methyl sites for hydroxylation is 1. The van der Waals surface area contributed by atoms with Crippen LogP contribution in [-0.4, -0.2) is 76.4 Å². The van der Waals surface area contributed by atoms with Gasteiger partial charge in [0.15, 0.2) is 6.29 Å². The molecule has 1 spiro atoms. The summed E-state index contributed by atoms with van der Waals surface area (Å²) in [6, 6.07) is 1.98. The Kier molecular flexibility index (Phi) is 6.61. The molecule has 9 nitrogen and oxygen atoms in total. The lowest BCUT2D eigenvalue weighted by molar-refractivity contribution is -0.310. The molecule has 35 heavy (non-hydrogen) atoms. The number of ether oxygens (including phenoxy) is 3. The van der Waals surface area contributed by atoms with Crippen molar-refractivity contribution in [3.8, 4) is 0 Å². The number of aliphatic hydroxyl groups is 4. The van der Waals surface area contributed by atoms with E-state index in [1.54, 1.807) is 18.6 Å². The van der Waals surface area contributed by atoms with Gasteiger partial charge < -0.3 is 39.1 Å². The van der Waals surface area contributed by atoms with Crippen molar-refractivity contribution in [2.24, 2.45) is 22.7 Å². The maximum Gasteiger partial charge on any atom is 0.334 e. The standard InChI is InChI=1S/C26H36O9/c1-14-3-7-26-13-33-23(31)17(26)9-16(34-24-22(30)21(29)20(28)18(11-27)35-24)10-19(26)25(14,2)6-4-15-5-8-32-12-15/h5,8-9,12,14,16,18-22,24,27-30H,3-4,6-7,10-11,13H2,1-2H3/t14-,16-,18-,19-,20-,21+,22-,24-,25+,26-/m1/s1. The van der Waals surface area contributed by atoms with Crippen molar-refractivity contribution < 1.29 is 43.8 Å². The summed E-state index contributed by atoms with van der Waals surface area (Å²) in [5.41, 5.74) is 1.28. The van der Waals surface area contributed by atoms with Gasteiger partial charge in [0, 0.05) is 11.0 Å². The van der Waals surface area contributed by atoms with Crippen molar-refractivity contribution in [3.63, 3.8) is 0 Å². The van der Waals surface area contributed by atoms with E-state index in [-0.39, 0.29) is 22.7 Å². The van der Waals surface area contributed by atoms with Crippen molar-refractivity contribution in [1.82, 2.24) is 0 Å².